The molecule has 0 saturated heterocycles. The van der Waals surface area contributed by atoms with Crippen molar-refractivity contribution in [1.29, 1.82) is 0 Å². The van der Waals surface area contributed by atoms with Crippen molar-refractivity contribution in [3.8, 4) is 0 Å². The minimum absolute atomic E-state index is 0.0446. The summed E-state index contributed by atoms with van der Waals surface area (Å²) >= 11 is 0. The van der Waals surface area contributed by atoms with Crippen LogP contribution in [0.2, 0.25) is 0 Å². The zero-order chi connectivity index (χ0) is 11.1. The van der Waals surface area contributed by atoms with Crippen molar-refractivity contribution in [3.05, 3.63) is 11.9 Å². The lowest BCUT2D eigenvalue weighted by molar-refractivity contribution is -0.121. The van der Waals surface area contributed by atoms with Gasteiger partial charge in [0, 0.05) is 25.7 Å². The highest BCUT2D eigenvalue weighted by Gasteiger charge is 2.02. The molecule has 84 valence electrons. The first-order valence-electron chi connectivity index (χ1n) is 5.06. The van der Waals surface area contributed by atoms with Gasteiger partial charge in [0.1, 0.15) is 0 Å². The Bertz CT molecular complexity index is 309. The Labute approximate surface area is 89.0 Å². The van der Waals surface area contributed by atoms with Crippen molar-refractivity contribution >= 4 is 5.91 Å². The van der Waals surface area contributed by atoms with E-state index in [9.17, 15) is 4.79 Å². The highest BCUT2D eigenvalue weighted by Crippen LogP contribution is 1.94. The van der Waals surface area contributed by atoms with Gasteiger partial charge in [-0.2, -0.15) is 0 Å². The van der Waals surface area contributed by atoms with Gasteiger partial charge in [-0.05, 0) is 14.0 Å². The molecule has 15 heavy (non-hydrogen) atoms. The van der Waals surface area contributed by atoms with Crippen LogP contribution in [0, 0.1) is 0 Å². The zero-order valence-electron chi connectivity index (χ0n) is 9.16. The summed E-state index contributed by atoms with van der Waals surface area (Å²) in [5.74, 6) is 0.0446. The Morgan fingerprint density at radius 1 is 1.60 bits per heavy atom. The van der Waals surface area contributed by atoms with Crippen LogP contribution >= 0.6 is 0 Å². The highest BCUT2D eigenvalue weighted by atomic mass is 16.1. The SMILES string of the molecule is CCNC(=O)CCn1cc(CNC)nn1. The number of aromatic nitrogens is 3. The molecule has 0 aliphatic carbocycles. The first-order valence-corrected chi connectivity index (χ1v) is 5.06. The number of amides is 1. The van der Waals surface area contributed by atoms with Gasteiger partial charge in [-0.25, -0.2) is 0 Å². The van der Waals surface area contributed by atoms with E-state index in [4.69, 9.17) is 0 Å². The number of hydrogen-bond acceptors (Lipinski definition) is 4. The van der Waals surface area contributed by atoms with Crippen LogP contribution in [0.25, 0.3) is 0 Å². The Morgan fingerprint density at radius 3 is 3.07 bits per heavy atom. The van der Waals surface area contributed by atoms with Gasteiger partial charge in [0.15, 0.2) is 0 Å². The van der Waals surface area contributed by atoms with Gasteiger partial charge in [0.2, 0.25) is 5.91 Å². The van der Waals surface area contributed by atoms with Crippen LogP contribution in [0.15, 0.2) is 6.20 Å². The smallest absolute Gasteiger partial charge is 0.221 e. The molecule has 0 bridgehead atoms. The van der Waals surface area contributed by atoms with Crippen LogP contribution in [0.3, 0.4) is 0 Å². The number of hydrogen-bond donors (Lipinski definition) is 2. The van der Waals surface area contributed by atoms with Gasteiger partial charge in [-0.15, -0.1) is 5.10 Å². The number of aryl methyl sites for hydroxylation is 1. The minimum Gasteiger partial charge on any atom is -0.356 e. The van der Waals surface area contributed by atoms with Gasteiger partial charge in [-0.3, -0.25) is 9.48 Å². The Balaban J connectivity index is 2.34. The predicted octanol–water partition coefficient (Wildman–Crippen LogP) is -0.476. The lowest BCUT2D eigenvalue weighted by atomic mass is 10.4. The van der Waals surface area contributed by atoms with Crippen LogP contribution in [0.1, 0.15) is 19.0 Å². The molecule has 0 radical (unpaired) electrons. The van der Waals surface area contributed by atoms with E-state index in [1.54, 1.807) is 4.68 Å². The first-order chi connectivity index (χ1) is 7.26. The van der Waals surface area contributed by atoms with E-state index < -0.39 is 0 Å². The van der Waals surface area contributed by atoms with Gasteiger partial charge >= 0.3 is 0 Å². The van der Waals surface area contributed by atoms with Crippen LogP contribution in [0.5, 0.6) is 0 Å². The molecule has 6 heteroatoms. The third kappa shape index (κ3) is 4.07. The summed E-state index contributed by atoms with van der Waals surface area (Å²) in [7, 11) is 1.85. The van der Waals surface area contributed by atoms with Crippen LogP contribution in [0.4, 0.5) is 0 Å². The molecule has 0 fully saturated rings. The van der Waals surface area contributed by atoms with Crippen molar-refractivity contribution in [3.63, 3.8) is 0 Å². The van der Waals surface area contributed by atoms with Crippen LogP contribution < -0.4 is 10.6 Å². The maximum atomic E-state index is 11.2. The summed E-state index contributed by atoms with van der Waals surface area (Å²) < 4.78 is 1.68. The van der Waals surface area contributed by atoms with Crippen molar-refractivity contribution < 1.29 is 4.79 Å². The summed E-state index contributed by atoms with van der Waals surface area (Å²) in [6.45, 7) is 3.84. The second kappa shape index (κ2) is 6.13. The molecule has 2 N–H and O–H groups in total. The Kier molecular flexibility index (Phi) is 4.76. The molecule has 1 aromatic heterocycles. The van der Waals surface area contributed by atoms with Gasteiger partial charge in [0.25, 0.3) is 0 Å². The van der Waals surface area contributed by atoms with E-state index in [2.05, 4.69) is 20.9 Å². The molecule has 1 amide bonds. The summed E-state index contributed by atoms with van der Waals surface area (Å²) in [5, 5.41) is 13.6. The highest BCUT2D eigenvalue weighted by molar-refractivity contribution is 5.75. The summed E-state index contributed by atoms with van der Waals surface area (Å²) in [5.41, 5.74) is 0.883. The molecule has 0 aromatic carbocycles. The number of carbonyl (C=O) groups is 1. The molecule has 0 unspecified atom stereocenters. The van der Waals surface area contributed by atoms with Crippen molar-refractivity contribution in [2.75, 3.05) is 13.6 Å². The fraction of sp³-hybridized carbons (Fsp3) is 0.667. The number of carbonyl (C=O) groups excluding carboxylic acids is 1. The van der Waals surface area contributed by atoms with E-state index in [0.29, 0.717) is 26.1 Å². The van der Waals surface area contributed by atoms with Crippen molar-refractivity contribution in [2.24, 2.45) is 0 Å². The lowest BCUT2D eigenvalue weighted by Crippen LogP contribution is -2.23. The van der Waals surface area contributed by atoms with E-state index >= 15 is 0 Å². The average molecular weight is 211 g/mol. The normalized spacial score (nSPS) is 10.3. The van der Waals surface area contributed by atoms with E-state index in [0.717, 1.165) is 5.69 Å². The molecule has 0 spiro atoms. The second-order valence-electron chi connectivity index (χ2n) is 3.21. The maximum absolute atomic E-state index is 11.2. The van der Waals surface area contributed by atoms with Crippen LogP contribution in [-0.4, -0.2) is 34.5 Å². The van der Waals surface area contributed by atoms with Gasteiger partial charge < -0.3 is 10.6 Å². The molecule has 0 aliphatic heterocycles. The average Bonchev–Trinajstić information content (AvgIpc) is 2.64. The fourth-order valence-corrected chi connectivity index (χ4v) is 1.21. The number of rotatable bonds is 6. The molecule has 1 rings (SSSR count). The molecule has 0 saturated carbocycles. The monoisotopic (exact) mass is 211 g/mol. The molecule has 1 heterocycles. The third-order valence-corrected chi connectivity index (χ3v) is 1.89. The molecule has 1 aromatic rings. The van der Waals surface area contributed by atoms with Gasteiger partial charge in [-0.1, -0.05) is 5.21 Å². The topological polar surface area (TPSA) is 71.8 Å². The predicted molar refractivity (Wildman–Crippen MR) is 56.1 cm³/mol. The molecular weight excluding hydrogens is 194 g/mol. The lowest BCUT2D eigenvalue weighted by Gasteiger charge is -2.01. The summed E-state index contributed by atoms with van der Waals surface area (Å²) in [6.07, 6.45) is 2.28. The van der Waals surface area contributed by atoms with Crippen molar-refractivity contribution in [2.45, 2.75) is 26.4 Å². The second-order valence-corrected chi connectivity index (χ2v) is 3.21. The quantitative estimate of drug-likeness (QED) is 0.667. The fourth-order valence-electron chi connectivity index (χ4n) is 1.21. The largest absolute Gasteiger partial charge is 0.356 e. The summed E-state index contributed by atoms with van der Waals surface area (Å²) in [6, 6.07) is 0. The first kappa shape index (κ1) is 11.6. The van der Waals surface area contributed by atoms with Crippen LogP contribution in [-0.2, 0) is 17.9 Å². The minimum atomic E-state index is 0.0446. The van der Waals surface area contributed by atoms with Crippen molar-refractivity contribution in [1.82, 2.24) is 25.6 Å². The van der Waals surface area contributed by atoms with Gasteiger partial charge in [0.05, 0.1) is 12.2 Å². The number of nitrogens with zero attached hydrogens (tertiary/aromatic N) is 3. The Morgan fingerprint density at radius 2 is 2.40 bits per heavy atom. The van der Waals surface area contributed by atoms with E-state index in [1.165, 1.54) is 0 Å². The van der Waals surface area contributed by atoms with E-state index in [1.807, 2.05) is 20.2 Å². The zero-order valence-corrected chi connectivity index (χ0v) is 9.16. The molecule has 0 atom stereocenters. The maximum Gasteiger partial charge on any atom is 0.221 e. The number of nitrogens with one attached hydrogen (secondary N) is 2. The molecule has 0 aliphatic rings. The molecular formula is C9H17N5O. The third-order valence-electron chi connectivity index (χ3n) is 1.89. The standard InChI is InChI=1S/C9H17N5O/c1-3-11-9(15)4-5-14-7-8(6-10-2)12-13-14/h7,10H,3-6H2,1-2H3,(H,11,15). The van der Waals surface area contributed by atoms with E-state index in [-0.39, 0.29) is 5.91 Å². The summed E-state index contributed by atoms with van der Waals surface area (Å²) in [4.78, 5) is 11.2. The molecule has 6 nitrogen and oxygen atoms in total. The Hall–Kier alpha value is -1.43.